The zero-order valence-corrected chi connectivity index (χ0v) is 18.3. The van der Waals surface area contributed by atoms with Gasteiger partial charge in [-0.25, -0.2) is 4.98 Å². The van der Waals surface area contributed by atoms with Gasteiger partial charge in [-0.1, -0.05) is 0 Å². The number of pyridine rings is 1. The van der Waals surface area contributed by atoms with E-state index in [1.165, 1.54) is 0 Å². The molecule has 1 amide bonds. The van der Waals surface area contributed by atoms with Crippen molar-refractivity contribution >= 4 is 21.8 Å². The summed E-state index contributed by atoms with van der Waals surface area (Å²) < 4.78 is 10.0. The molecule has 4 heterocycles. The first-order valence-electron chi connectivity index (χ1n) is 9.93. The number of rotatable bonds is 3. The maximum atomic E-state index is 13.3. The molecule has 0 spiro atoms. The number of nitrogens with zero attached hydrogens (tertiary/aromatic N) is 4. The molecule has 2 aliphatic heterocycles. The van der Waals surface area contributed by atoms with Gasteiger partial charge in [0.1, 0.15) is 23.4 Å². The molecular formula is C22H21BrN4O3. The molecule has 0 radical (unpaired) electrons. The minimum atomic E-state index is -0.177. The maximum absolute atomic E-state index is 13.3. The second kappa shape index (κ2) is 7.12. The fraction of sp³-hybridized carbons (Fsp3) is 0.318. The Morgan fingerprint density at radius 2 is 2.10 bits per heavy atom. The molecule has 7 nitrogen and oxygen atoms in total. The third-order valence-electron chi connectivity index (χ3n) is 5.87. The van der Waals surface area contributed by atoms with E-state index in [-0.39, 0.29) is 17.5 Å². The number of aryl methyl sites for hydroxylation is 1. The van der Waals surface area contributed by atoms with Crippen LogP contribution >= 0.6 is 15.9 Å². The van der Waals surface area contributed by atoms with Crippen molar-refractivity contribution in [1.82, 2.24) is 19.0 Å². The number of hydrogen-bond acceptors (Lipinski definition) is 4. The van der Waals surface area contributed by atoms with Gasteiger partial charge in [-0.3, -0.25) is 9.59 Å². The van der Waals surface area contributed by atoms with Crippen LogP contribution in [-0.4, -0.2) is 37.5 Å². The van der Waals surface area contributed by atoms with Crippen LogP contribution in [0.1, 0.15) is 35.9 Å². The number of imidazole rings is 1. The lowest BCUT2D eigenvalue weighted by atomic mass is 10.1. The maximum Gasteiger partial charge on any atom is 0.275 e. The van der Waals surface area contributed by atoms with E-state index in [2.05, 4.69) is 27.0 Å². The molecule has 0 saturated carbocycles. The minimum absolute atomic E-state index is 0.102. The number of carbonyl (C=O) groups excluding carboxylic acids is 1. The van der Waals surface area contributed by atoms with Crippen LogP contribution in [0.25, 0.3) is 5.69 Å². The van der Waals surface area contributed by atoms with Gasteiger partial charge in [0.15, 0.2) is 0 Å². The second-order valence-electron chi connectivity index (χ2n) is 7.95. The van der Waals surface area contributed by atoms with E-state index in [9.17, 15) is 9.59 Å². The minimum Gasteiger partial charge on any atom is -0.464 e. The molecule has 154 valence electrons. The van der Waals surface area contributed by atoms with Crippen LogP contribution in [0.2, 0.25) is 0 Å². The molecule has 30 heavy (non-hydrogen) atoms. The zero-order chi connectivity index (χ0) is 21.0. The molecule has 0 bridgehead atoms. The van der Waals surface area contributed by atoms with Crippen molar-refractivity contribution in [2.45, 2.75) is 39.3 Å². The average Bonchev–Trinajstić information content (AvgIpc) is 3.32. The Bertz CT molecular complexity index is 1220. The Balaban J connectivity index is 1.46. The molecule has 0 saturated heterocycles. The van der Waals surface area contributed by atoms with Crippen LogP contribution < -0.4 is 5.56 Å². The van der Waals surface area contributed by atoms with E-state index < -0.39 is 0 Å². The number of fused-ring (bicyclic) bond motifs is 2. The number of aromatic nitrogens is 3. The number of ether oxygens (including phenoxy) is 1. The lowest BCUT2D eigenvalue weighted by Crippen LogP contribution is -2.50. The summed E-state index contributed by atoms with van der Waals surface area (Å²) in [5, 5.41) is 0. The van der Waals surface area contributed by atoms with E-state index in [4.69, 9.17) is 4.74 Å². The normalized spacial score (nSPS) is 20.6. The smallest absolute Gasteiger partial charge is 0.275 e. The Morgan fingerprint density at radius 3 is 2.87 bits per heavy atom. The van der Waals surface area contributed by atoms with Gasteiger partial charge in [-0.05, 0) is 72.0 Å². The van der Waals surface area contributed by atoms with Gasteiger partial charge in [0.2, 0.25) is 0 Å². The predicted octanol–water partition coefficient (Wildman–Crippen LogP) is 3.43. The Kier molecular flexibility index (Phi) is 4.54. The Morgan fingerprint density at radius 1 is 1.27 bits per heavy atom. The summed E-state index contributed by atoms with van der Waals surface area (Å²) in [7, 11) is 0. The summed E-state index contributed by atoms with van der Waals surface area (Å²) in [6.07, 6.45) is 8.96. The first-order valence-corrected chi connectivity index (χ1v) is 10.7. The SMILES string of the molecule is Cc1cn(-c2ccc3n(c2=O)C[C@@H](C)N(CC2=C4OC=C(Br)C=C4CC2)C3=O)cn1. The quantitative estimate of drug-likeness (QED) is 0.691. The van der Waals surface area contributed by atoms with Gasteiger partial charge >= 0.3 is 0 Å². The number of carbonyl (C=O) groups is 1. The van der Waals surface area contributed by atoms with Gasteiger partial charge in [0, 0.05) is 25.3 Å². The monoisotopic (exact) mass is 468 g/mol. The Hall–Kier alpha value is -2.87. The number of halogens is 1. The van der Waals surface area contributed by atoms with Crippen LogP contribution in [0.5, 0.6) is 0 Å². The second-order valence-corrected chi connectivity index (χ2v) is 8.86. The molecule has 8 heteroatoms. The molecule has 1 aliphatic carbocycles. The summed E-state index contributed by atoms with van der Waals surface area (Å²) in [5.74, 6) is 0.754. The highest BCUT2D eigenvalue weighted by atomic mass is 79.9. The lowest BCUT2D eigenvalue weighted by molar-refractivity contribution is 0.0628. The van der Waals surface area contributed by atoms with Crippen LogP contribution in [-0.2, 0) is 11.3 Å². The van der Waals surface area contributed by atoms with Crippen LogP contribution in [0, 0.1) is 6.92 Å². The highest BCUT2D eigenvalue weighted by Gasteiger charge is 2.34. The fourth-order valence-electron chi connectivity index (χ4n) is 4.33. The zero-order valence-electron chi connectivity index (χ0n) is 16.8. The number of hydrogen-bond donors (Lipinski definition) is 0. The van der Waals surface area contributed by atoms with E-state index >= 15 is 0 Å². The van der Waals surface area contributed by atoms with Gasteiger partial charge in [0.05, 0.1) is 16.5 Å². The molecule has 2 aromatic rings. The molecule has 2 aromatic heterocycles. The highest BCUT2D eigenvalue weighted by molar-refractivity contribution is 9.11. The van der Waals surface area contributed by atoms with E-state index in [1.54, 1.807) is 40.1 Å². The van der Waals surface area contributed by atoms with Crippen molar-refractivity contribution in [2.75, 3.05) is 6.54 Å². The molecule has 0 N–H and O–H groups in total. The standard InChI is InChI=1S/C22H21BrN4O3/c1-13-8-25(12-24-13)18-5-6-19-22(29)26(14(2)9-27(19)21(18)28)10-16-4-3-15-7-17(23)11-30-20(15)16/h5-8,11-12,14H,3-4,9-10H2,1-2H3/t14-/m1/s1. The van der Waals surface area contributed by atoms with E-state index in [1.807, 2.05) is 18.7 Å². The average molecular weight is 469 g/mol. The highest BCUT2D eigenvalue weighted by Crippen LogP contribution is 2.38. The van der Waals surface area contributed by atoms with Crippen LogP contribution in [0.3, 0.4) is 0 Å². The van der Waals surface area contributed by atoms with Crippen molar-refractivity contribution in [1.29, 1.82) is 0 Å². The molecular weight excluding hydrogens is 448 g/mol. The molecule has 0 aromatic carbocycles. The third kappa shape index (κ3) is 3.06. The van der Waals surface area contributed by atoms with Gasteiger partial charge in [-0.2, -0.15) is 0 Å². The fourth-order valence-corrected chi connectivity index (χ4v) is 4.70. The topological polar surface area (TPSA) is 69.4 Å². The molecule has 5 rings (SSSR count). The van der Waals surface area contributed by atoms with Crippen LogP contribution in [0.15, 0.2) is 63.2 Å². The molecule has 3 aliphatic rings. The largest absolute Gasteiger partial charge is 0.464 e. The van der Waals surface area contributed by atoms with Crippen molar-refractivity contribution in [3.63, 3.8) is 0 Å². The summed E-state index contributed by atoms with van der Waals surface area (Å²) in [5.41, 5.74) is 3.86. The lowest BCUT2D eigenvalue weighted by Gasteiger charge is -2.36. The van der Waals surface area contributed by atoms with Gasteiger partial charge in [0.25, 0.3) is 11.5 Å². The van der Waals surface area contributed by atoms with E-state index in [0.29, 0.717) is 24.5 Å². The molecule has 0 unspecified atom stereocenters. The van der Waals surface area contributed by atoms with Crippen molar-refractivity contribution in [3.8, 4) is 5.69 Å². The first-order chi connectivity index (χ1) is 14.4. The van der Waals surface area contributed by atoms with Gasteiger partial charge < -0.3 is 18.8 Å². The first kappa shape index (κ1) is 19.1. The molecule has 1 atom stereocenters. The van der Waals surface area contributed by atoms with Gasteiger partial charge in [-0.15, -0.1) is 0 Å². The van der Waals surface area contributed by atoms with Crippen molar-refractivity contribution in [3.05, 3.63) is 80.1 Å². The Labute approximate surface area is 182 Å². The third-order valence-corrected chi connectivity index (χ3v) is 6.29. The number of amides is 1. The predicted molar refractivity (Wildman–Crippen MR) is 115 cm³/mol. The van der Waals surface area contributed by atoms with E-state index in [0.717, 1.165) is 39.9 Å². The summed E-state index contributed by atoms with van der Waals surface area (Å²) in [6, 6.07) is 3.34. The summed E-state index contributed by atoms with van der Waals surface area (Å²) in [4.78, 5) is 32.4. The summed E-state index contributed by atoms with van der Waals surface area (Å²) >= 11 is 3.45. The van der Waals surface area contributed by atoms with Crippen LogP contribution in [0.4, 0.5) is 0 Å². The molecule has 0 fully saturated rings. The van der Waals surface area contributed by atoms with Crippen molar-refractivity contribution < 1.29 is 9.53 Å². The van der Waals surface area contributed by atoms with Crippen molar-refractivity contribution in [2.24, 2.45) is 0 Å². The number of allylic oxidation sites excluding steroid dienone is 3. The summed E-state index contributed by atoms with van der Waals surface area (Å²) in [6.45, 7) is 4.82.